The van der Waals surface area contributed by atoms with Crippen LogP contribution in [0.1, 0.15) is 46.1 Å². The van der Waals surface area contributed by atoms with Crippen LogP contribution in [0.2, 0.25) is 0 Å². The minimum absolute atomic E-state index is 0.142. The average molecular weight is 333 g/mol. The van der Waals surface area contributed by atoms with Gasteiger partial charge in [0.1, 0.15) is 12.2 Å². The fraction of sp³-hybridized carbons (Fsp3) is 0.611. The van der Waals surface area contributed by atoms with E-state index in [0.717, 1.165) is 6.42 Å². The highest BCUT2D eigenvalue weighted by molar-refractivity contribution is 7.99. The summed E-state index contributed by atoms with van der Waals surface area (Å²) in [6, 6.07) is 4.08. The highest BCUT2D eigenvalue weighted by atomic mass is 32.2. The molecule has 5 heteroatoms. The van der Waals surface area contributed by atoms with E-state index in [4.69, 9.17) is 5.73 Å². The Labute approximate surface area is 144 Å². The third-order valence-electron chi connectivity index (χ3n) is 4.30. The van der Waals surface area contributed by atoms with Crippen LogP contribution in [-0.4, -0.2) is 28.7 Å². The van der Waals surface area contributed by atoms with Crippen LogP contribution in [0.5, 0.6) is 0 Å². The summed E-state index contributed by atoms with van der Waals surface area (Å²) >= 11 is 2.07. The monoisotopic (exact) mass is 332 g/mol. The summed E-state index contributed by atoms with van der Waals surface area (Å²) in [7, 11) is 0. The molecule has 1 aromatic rings. The van der Waals surface area contributed by atoms with Gasteiger partial charge >= 0.3 is 0 Å². The molecule has 1 saturated heterocycles. The Kier molecular flexibility index (Phi) is 5.84. The Hall–Kier alpha value is -1.36. The number of aliphatic imine (C=N–C) groups is 2. The topological polar surface area (TPSA) is 63.6 Å². The molecule has 0 aromatic carbocycles. The molecule has 1 fully saturated rings. The molecule has 0 aliphatic carbocycles. The molecule has 0 radical (unpaired) electrons. The number of hydrogen-bond acceptors (Lipinski definition) is 3. The largest absolute Gasteiger partial charge is 0.387 e. The lowest BCUT2D eigenvalue weighted by Gasteiger charge is -2.33. The number of nitrogens with two attached hydrogens (primary N) is 1. The van der Waals surface area contributed by atoms with Gasteiger partial charge < -0.3 is 5.73 Å². The maximum atomic E-state index is 5.89. The summed E-state index contributed by atoms with van der Waals surface area (Å²) in [4.78, 5) is 12.9. The van der Waals surface area contributed by atoms with Gasteiger partial charge in [-0.25, -0.2) is 15.0 Å². The first-order chi connectivity index (χ1) is 10.8. The van der Waals surface area contributed by atoms with Gasteiger partial charge in [-0.15, -0.1) is 0 Å². The van der Waals surface area contributed by atoms with Crippen LogP contribution in [0, 0.1) is 10.8 Å². The molecule has 0 amide bonds. The molecule has 2 heterocycles. The van der Waals surface area contributed by atoms with E-state index in [-0.39, 0.29) is 5.41 Å². The van der Waals surface area contributed by atoms with Crippen molar-refractivity contribution >= 4 is 29.8 Å². The molecule has 23 heavy (non-hydrogen) atoms. The number of hydrogen-bond donors (Lipinski definition) is 1. The van der Waals surface area contributed by atoms with Crippen LogP contribution >= 0.6 is 11.8 Å². The summed E-state index contributed by atoms with van der Waals surface area (Å²) < 4.78 is 0. The fourth-order valence-electron chi connectivity index (χ4n) is 2.48. The molecular formula is C18H28N4S. The van der Waals surface area contributed by atoms with Crippen molar-refractivity contribution in [3.63, 3.8) is 0 Å². The summed E-state index contributed by atoms with van der Waals surface area (Å²) in [6.45, 7) is 8.47. The van der Waals surface area contributed by atoms with E-state index in [0.29, 0.717) is 17.1 Å². The van der Waals surface area contributed by atoms with Gasteiger partial charge in [0, 0.05) is 11.6 Å². The summed E-state index contributed by atoms with van der Waals surface area (Å²) in [5.41, 5.74) is 7.46. The number of rotatable bonds is 4. The number of nitrogens with zero attached hydrogens (tertiary/aromatic N) is 3. The van der Waals surface area contributed by atoms with Crippen molar-refractivity contribution in [2.45, 2.75) is 47.0 Å². The van der Waals surface area contributed by atoms with Crippen LogP contribution < -0.4 is 5.73 Å². The smallest absolute Gasteiger partial charge is 0.153 e. The van der Waals surface area contributed by atoms with E-state index in [1.165, 1.54) is 36.2 Å². The molecule has 0 saturated carbocycles. The van der Waals surface area contributed by atoms with Gasteiger partial charge in [-0.05, 0) is 47.8 Å². The van der Waals surface area contributed by atoms with E-state index in [1.807, 2.05) is 33.0 Å². The molecule has 0 spiro atoms. The lowest BCUT2D eigenvalue weighted by Crippen LogP contribution is -2.28. The van der Waals surface area contributed by atoms with Gasteiger partial charge in [-0.3, -0.25) is 0 Å². The zero-order valence-corrected chi connectivity index (χ0v) is 15.5. The normalized spacial score (nSPS) is 19.2. The van der Waals surface area contributed by atoms with Crippen molar-refractivity contribution in [3.8, 4) is 0 Å². The van der Waals surface area contributed by atoms with Gasteiger partial charge in [-0.1, -0.05) is 33.8 Å². The van der Waals surface area contributed by atoms with Gasteiger partial charge in [0.15, 0.2) is 5.82 Å². The second kappa shape index (κ2) is 7.47. The van der Waals surface area contributed by atoms with Crippen LogP contribution in [-0.2, 0) is 6.42 Å². The van der Waals surface area contributed by atoms with E-state index in [2.05, 4.69) is 39.7 Å². The van der Waals surface area contributed by atoms with Crippen molar-refractivity contribution in [1.29, 1.82) is 0 Å². The third kappa shape index (κ3) is 5.65. The molecular weight excluding hydrogens is 304 g/mol. The summed E-state index contributed by atoms with van der Waals surface area (Å²) in [5, 5.41) is 0. The Morgan fingerprint density at radius 1 is 1.35 bits per heavy atom. The quantitative estimate of drug-likeness (QED) is 0.663. The molecule has 0 unspecified atom stereocenters. The molecule has 2 N–H and O–H groups in total. The SMILES string of the molecule is CC1(Cc2ccc(N=CN=C(N)C(C)(C)C)nc2)CCSCC1. The molecule has 0 bridgehead atoms. The minimum atomic E-state index is -0.142. The molecule has 1 aliphatic rings. The van der Waals surface area contributed by atoms with Gasteiger partial charge in [-0.2, -0.15) is 11.8 Å². The first-order valence-corrected chi connectivity index (χ1v) is 9.33. The zero-order chi connectivity index (χ0) is 16.9. The molecule has 126 valence electrons. The lowest BCUT2D eigenvalue weighted by atomic mass is 9.79. The predicted octanol–water partition coefficient (Wildman–Crippen LogP) is 4.22. The Morgan fingerprint density at radius 3 is 2.61 bits per heavy atom. The van der Waals surface area contributed by atoms with Crippen molar-refractivity contribution in [2.75, 3.05) is 11.5 Å². The molecule has 1 aromatic heterocycles. The van der Waals surface area contributed by atoms with Gasteiger partial charge in [0.2, 0.25) is 0 Å². The summed E-state index contributed by atoms with van der Waals surface area (Å²) in [6.07, 6.45) is 7.11. The van der Waals surface area contributed by atoms with Crippen LogP contribution in [0.4, 0.5) is 5.82 Å². The van der Waals surface area contributed by atoms with Crippen molar-refractivity contribution < 1.29 is 0 Å². The van der Waals surface area contributed by atoms with E-state index in [9.17, 15) is 0 Å². The van der Waals surface area contributed by atoms with E-state index in [1.54, 1.807) is 0 Å². The maximum absolute atomic E-state index is 5.89. The van der Waals surface area contributed by atoms with Gasteiger partial charge in [0.05, 0.1) is 0 Å². The second-order valence-corrected chi connectivity index (χ2v) is 8.86. The predicted molar refractivity (Wildman–Crippen MR) is 102 cm³/mol. The zero-order valence-electron chi connectivity index (χ0n) is 14.7. The highest BCUT2D eigenvalue weighted by Crippen LogP contribution is 2.37. The molecule has 0 atom stereocenters. The number of thioether (sulfide) groups is 1. The minimum Gasteiger partial charge on any atom is -0.387 e. The van der Waals surface area contributed by atoms with Crippen molar-refractivity contribution in [1.82, 2.24) is 4.98 Å². The lowest BCUT2D eigenvalue weighted by molar-refractivity contribution is 0.294. The van der Waals surface area contributed by atoms with E-state index < -0.39 is 0 Å². The molecule has 4 nitrogen and oxygen atoms in total. The Bertz CT molecular complexity index is 564. The Balaban J connectivity index is 1.97. The van der Waals surface area contributed by atoms with Crippen LogP contribution in [0.25, 0.3) is 0 Å². The molecule has 1 aliphatic heterocycles. The average Bonchev–Trinajstić information content (AvgIpc) is 2.48. The third-order valence-corrected chi connectivity index (χ3v) is 5.28. The fourth-order valence-corrected chi connectivity index (χ4v) is 3.95. The van der Waals surface area contributed by atoms with Gasteiger partial charge in [0.25, 0.3) is 0 Å². The number of aromatic nitrogens is 1. The highest BCUT2D eigenvalue weighted by Gasteiger charge is 2.27. The molecule has 2 rings (SSSR count). The standard InChI is InChI=1S/C18H28N4S/c1-17(2,3)16(19)22-13-21-15-6-5-14(12-20-15)11-18(4)7-9-23-10-8-18/h5-6,12-13H,7-11H2,1-4H3,(H2,19,20,21,22). The summed E-state index contributed by atoms with van der Waals surface area (Å²) in [5.74, 6) is 3.79. The van der Waals surface area contributed by atoms with E-state index >= 15 is 0 Å². The van der Waals surface area contributed by atoms with Crippen LogP contribution in [0.3, 0.4) is 0 Å². The number of pyridine rings is 1. The van der Waals surface area contributed by atoms with Crippen molar-refractivity contribution in [2.24, 2.45) is 26.5 Å². The Morgan fingerprint density at radius 2 is 2.04 bits per heavy atom. The first kappa shape index (κ1) is 18.0. The maximum Gasteiger partial charge on any atom is 0.153 e. The second-order valence-electron chi connectivity index (χ2n) is 7.63. The van der Waals surface area contributed by atoms with Crippen LogP contribution in [0.15, 0.2) is 28.3 Å². The van der Waals surface area contributed by atoms with Crippen molar-refractivity contribution in [3.05, 3.63) is 23.9 Å². The first-order valence-electron chi connectivity index (χ1n) is 8.18. The number of amidine groups is 1.